The molecule has 8 nitrogen and oxygen atoms in total. The summed E-state index contributed by atoms with van der Waals surface area (Å²) < 4.78 is 1.55. The molecule has 0 radical (unpaired) electrons. The van der Waals surface area contributed by atoms with Crippen molar-refractivity contribution in [2.24, 2.45) is 0 Å². The molecule has 37 heavy (non-hydrogen) atoms. The van der Waals surface area contributed by atoms with Gasteiger partial charge >= 0.3 is 0 Å². The van der Waals surface area contributed by atoms with Crippen molar-refractivity contribution < 1.29 is 20.1 Å². The van der Waals surface area contributed by atoms with Gasteiger partial charge in [-0.05, 0) is 54.1 Å². The fraction of sp³-hybridized carbons (Fsp3) is 0.0690. The predicted octanol–water partition coefficient (Wildman–Crippen LogP) is 4.48. The number of hydrogen-bond acceptors (Lipinski definition) is 6. The molecule has 0 saturated carbocycles. The average Bonchev–Trinajstić information content (AvgIpc) is 3.37. The van der Waals surface area contributed by atoms with Crippen molar-refractivity contribution in [2.75, 3.05) is 6.54 Å². The van der Waals surface area contributed by atoms with Crippen LogP contribution in [0.1, 0.15) is 22.0 Å². The molecule has 8 heteroatoms. The van der Waals surface area contributed by atoms with Crippen molar-refractivity contribution in [1.82, 2.24) is 20.1 Å². The van der Waals surface area contributed by atoms with Crippen molar-refractivity contribution >= 4 is 5.91 Å². The zero-order valence-corrected chi connectivity index (χ0v) is 19.7. The van der Waals surface area contributed by atoms with Crippen LogP contribution in [0.4, 0.5) is 0 Å². The van der Waals surface area contributed by atoms with E-state index in [0.29, 0.717) is 28.2 Å². The number of aliphatic hydroxyl groups is 1. The Morgan fingerprint density at radius 2 is 1.38 bits per heavy atom. The quantitative estimate of drug-likeness (QED) is 0.266. The lowest BCUT2D eigenvalue weighted by atomic mass is 10.1. The fourth-order valence-corrected chi connectivity index (χ4v) is 3.94. The number of phenols is 2. The molecule has 4 N–H and O–H groups in total. The molecule has 1 amide bonds. The maximum absolute atomic E-state index is 12.7. The molecular weight excluding hydrogens is 468 g/mol. The van der Waals surface area contributed by atoms with Crippen LogP contribution in [-0.2, 0) is 0 Å². The predicted molar refractivity (Wildman–Crippen MR) is 139 cm³/mol. The Morgan fingerprint density at radius 3 is 2.03 bits per heavy atom. The Kier molecular flexibility index (Phi) is 6.65. The van der Waals surface area contributed by atoms with Crippen molar-refractivity contribution in [2.45, 2.75) is 6.10 Å². The molecule has 184 valence electrons. The number of amides is 1. The first kappa shape index (κ1) is 23.8. The van der Waals surface area contributed by atoms with Crippen LogP contribution in [0.25, 0.3) is 28.5 Å². The third-order valence-electron chi connectivity index (χ3n) is 5.91. The zero-order chi connectivity index (χ0) is 25.8. The van der Waals surface area contributed by atoms with Crippen molar-refractivity contribution in [3.05, 3.63) is 114 Å². The molecule has 5 rings (SSSR count). The Labute approximate surface area is 213 Å². The molecule has 0 saturated heterocycles. The van der Waals surface area contributed by atoms with E-state index >= 15 is 0 Å². The summed E-state index contributed by atoms with van der Waals surface area (Å²) in [5, 5.41) is 38.4. The molecular formula is C29H24N4O4. The third-order valence-corrected chi connectivity index (χ3v) is 5.91. The van der Waals surface area contributed by atoms with E-state index in [0.717, 1.165) is 5.56 Å². The summed E-state index contributed by atoms with van der Waals surface area (Å²) in [6.45, 7) is 0.0784. The van der Waals surface area contributed by atoms with E-state index in [1.807, 2.05) is 18.2 Å². The van der Waals surface area contributed by atoms with Gasteiger partial charge in [0.15, 0.2) is 11.6 Å². The van der Waals surface area contributed by atoms with E-state index in [1.54, 1.807) is 89.6 Å². The minimum Gasteiger partial charge on any atom is -0.507 e. The third kappa shape index (κ3) is 5.05. The first-order chi connectivity index (χ1) is 18.0. The van der Waals surface area contributed by atoms with Crippen LogP contribution in [0.5, 0.6) is 11.5 Å². The van der Waals surface area contributed by atoms with Gasteiger partial charge in [-0.1, -0.05) is 54.6 Å². The number of phenolic OH excluding ortho intramolecular Hbond substituents is 2. The van der Waals surface area contributed by atoms with Gasteiger partial charge in [0.2, 0.25) is 0 Å². The number of nitrogens with zero attached hydrogens (tertiary/aromatic N) is 3. The first-order valence-corrected chi connectivity index (χ1v) is 11.7. The molecule has 5 aromatic rings. The molecule has 4 aromatic carbocycles. The normalized spacial score (nSPS) is 11.7. The van der Waals surface area contributed by atoms with Gasteiger partial charge in [-0.15, -0.1) is 5.10 Å². The summed E-state index contributed by atoms with van der Waals surface area (Å²) in [5.74, 6) is 0.407. The smallest absolute Gasteiger partial charge is 0.251 e. The second-order valence-electron chi connectivity index (χ2n) is 8.39. The van der Waals surface area contributed by atoms with E-state index in [1.165, 1.54) is 0 Å². The Morgan fingerprint density at radius 1 is 0.784 bits per heavy atom. The summed E-state index contributed by atoms with van der Waals surface area (Å²) in [6.07, 6.45) is -0.812. The molecule has 1 heterocycles. The van der Waals surface area contributed by atoms with E-state index in [-0.39, 0.29) is 29.8 Å². The van der Waals surface area contributed by atoms with Gasteiger partial charge in [-0.25, -0.2) is 9.67 Å². The molecule has 0 bridgehead atoms. The van der Waals surface area contributed by atoms with Gasteiger partial charge in [-0.2, -0.15) is 0 Å². The van der Waals surface area contributed by atoms with E-state index in [2.05, 4.69) is 15.4 Å². The van der Waals surface area contributed by atoms with E-state index in [4.69, 9.17) is 0 Å². The van der Waals surface area contributed by atoms with Gasteiger partial charge in [0.05, 0.1) is 22.9 Å². The number of nitrogens with one attached hydrogen (secondary N) is 1. The fourth-order valence-electron chi connectivity index (χ4n) is 3.94. The number of carbonyl (C=O) groups is 1. The highest BCUT2D eigenvalue weighted by Crippen LogP contribution is 2.33. The van der Waals surface area contributed by atoms with Crippen molar-refractivity contribution in [3.63, 3.8) is 0 Å². The van der Waals surface area contributed by atoms with Crippen LogP contribution in [-0.4, -0.2) is 42.5 Å². The number of benzene rings is 4. The SMILES string of the molecule is O=C(NCC(O)c1ccccc1)c1ccc(-n2nc(-c3ccccc3O)nc2-c2ccccc2O)cc1. The van der Waals surface area contributed by atoms with Crippen LogP contribution in [0.3, 0.4) is 0 Å². The van der Waals surface area contributed by atoms with Gasteiger partial charge in [-0.3, -0.25) is 4.79 Å². The van der Waals surface area contributed by atoms with Crippen LogP contribution in [0.2, 0.25) is 0 Å². The van der Waals surface area contributed by atoms with Gasteiger partial charge in [0, 0.05) is 12.1 Å². The number of aromatic nitrogens is 3. The standard InChI is InChI=1S/C29H24N4O4/c34-24-12-6-4-10-22(24)27-31-28(23-11-5-7-13-25(23)35)33(32-27)21-16-14-20(15-17-21)29(37)30-18-26(36)19-8-2-1-3-9-19/h1-17,26,34-36H,18H2,(H,30,37). The maximum atomic E-state index is 12.7. The largest absolute Gasteiger partial charge is 0.507 e. The molecule has 1 unspecified atom stereocenters. The van der Waals surface area contributed by atoms with Crippen LogP contribution in [0.15, 0.2) is 103 Å². The Bertz CT molecular complexity index is 1530. The second kappa shape index (κ2) is 10.3. The Balaban J connectivity index is 1.43. The highest BCUT2D eigenvalue weighted by molar-refractivity contribution is 5.94. The lowest BCUT2D eigenvalue weighted by Gasteiger charge is -2.12. The summed E-state index contributed by atoms with van der Waals surface area (Å²) in [7, 11) is 0. The number of rotatable bonds is 7. The summed E-state index contributed by atoms with van der Waals surface area (Å²) in [6, 6.07) is 29.4. The monoisotopic (exact) mass is 492 g/mol. The number of hydrogen-bond donors (Lipinski definition) is 4. The summed E-state index contributed by atoms with van der Waals surface area (Å²) in [5.41, 5.74) is 2.66. The average molecular weight is 493 g/mol. The lowest BCUT2D eigenvalue weighted by molar-refractivity contribution is 0.0916. The maximum Gasteiger partial charge on any atom is 0.251 e. The molecule has 0 aliphatic carbocycles. The first-order valence-electron chi connectivity index (χ1n) is 11.7. The molecule has 0 fully saturated rings. The van der Waals surface area contributed by atoms with Gasteiger partial charge in [0.1, 0.15) is 11.5 Å². The second-order valence-corrected chi connectivity index (χ2v) is 8.39. The van der Waals surface area contributed by atoms with Crippen molar-refractivity contribution in [3.8, 4) is 40.0 Å². The van der Waals surface area contributed by atoms with Gasteiger partial charge < -0.3 is 20.6 Å². The van der Waals surface area contributed by atoms with Crippen LogP contribution in [0, 0.1) is 0 Å². The minimum absolute atomic E-state index is 0.0351. The molecule has 1 atom stereocenters. The number of para-hydroxylation sites is 2. The van der Waals surface area contributed by atoms with Crippen LogP contribution >= 0.6 is 0 Å². The summed E-state index contributed by atoms with van der Waals surface area (Å²) in [4.78, 5) is 17.3. The van der Waals surface area contributed by atoms with Gasteiger partial charge in [0.25, 0.3) is 5.91 Å². The molecule has 0 spiro atoms. The topological polar surface area (TPSA) is 121 Å². The minimum atomic E-state index is -0.812. The lowest BCUT2D eigenvalue weighted by Crippen LogP contribution is -2.28. The van der Waals surface area contributed by atoms with Crippen LogP contribution < -0.4 is 5.32 Å². The molecule has 0 aliphatic rings. The number of carbonyl (C=O) groups excluding carboxylic acids is 1. The highest BCUT2D eigenvalue weighted by atomic mass is 16.3. The highest BCUT2D eigenvalue weighted by Gasteiger charge is 2.19. The zero-order valence-electron chi connectivity index (χ0n) is 19.7. The number of aliphatic hydroxyl groups excluding tert-OH is 1. The Hall–Kier alpha value is -4.95. The molecule has 1 aromatic heterocycles. The van der Waals surface area contributed by atoms with E-state index in [9.17, 15) is 20.1 Å². The molecule has 0 aliphatic heterocycles. The van der Waals surface area contributed by atoms with E-state index < -0.39 is 6.10 Å². The number of aromatic hydroxyl groups is 2. The van der Waals surface area contributed by atoms with Crippen molar-refractivity contribution in [1.29, 1.82) is 0 Å². The summed E-state index contributed by atoms with van der Waals surface area (Å²) >= 11 is 0.